The third kappa shape index (κ3) is 3.18. The Kier molecular flexibility index (Phi) is 4.50. The van der Waals surface area contributed by atoms with Gasteiger partial charge in [0, 0.05) is 17.5 Å². The summed E-state index contributed by atoms with van der Waals surface area (Å²) in [6, 6.07) is 6.83. The van der Waals surface area contributed by atoms with Crippen LogP contribution in [0.5, 0.6) is 0 Å². The summed E-state index contributed by atoms with van der Waals surface area (Å²) in [4.78, 5) is 6.02. The SMILES string of the molecule is CCNC(Cc1cccs1)c1ncc(C)cc1C. The highest BCUT2D eigenvalue weighted by atomic mass is 32.1. The normalized spacial score (nSPS) is 12.6. The number of pyridine rings is 1. The fraction of sp³-hybridized carbons (Fsp3) is 0.400. The van der Waals surface area contributed by atoms with E-state index in [0.29, 0.717) is 6.04 Å². The highest BCUT2D eigenvalue weighted by Crippen LogP contribution is 2.22. The summed E-state index contributed by atoms with van der Waals surface area (Å²) in [5.74, 6) is 0. The Balaban J connectivity index is 2.23. The molecule has 2 rings (SSSR count). The maximum atomic E-state index is 4.62. The Labute approximate surface area is 113 Å². The van der Waals surface area contributed by atoms with Crippen LogP contribution in [0.25, 0.3) is 0 Å². The molecule has 1 N–H and O–H groups in total. The summed E-state index contributed by atoms with van der Waals surface area (Å²) in [6.45, 7) is 7.34. The van der Waals surface area contributed by atoms with Crippen molar-refractivity contribution in [2.24, 2.45) is 0 Å². The molecular weight excluding hydrogens is 240 g/mol. The van der Waals surface area contributed by atoms with Crippen molar-refractivity contribution in [3.05, 3.63) is 51.5 Å². The van der Waals surface area contributed by atoms with E-state index in [9.17, 15) is 0 Å². The third-order valence-electron chi connectivity index (χ3n) is 3.02. The van der Waals surface area contributed by atoms with Gasteiger partial charge >= 0.3 is 0 Å². The summed E-state index contributed by atoms with van der Waals surface area (Å²) < 4.78 is 0. The second-order valence-electron chi connectivity index (χ2n) is 4.61. The van der Waals surface area contributed by atoms with Crippen molar-refractivity contribution in [2.75, 3.05) is 6.54 Å². The van der Waals surface area contributed by atoms with Crippen LogP contribution in [-0.4, -0.2) is 11.5 Å². The lowest BCUT2D eigenvalue weighted by Gasteiger charge is -2.19. The van der Waals surface area contributed by atoms with E-state index in [0.717, 1.165) is 13.0 Å². The number of hydrogen-bond acceptors (Lipinski definition) is 3. The van der Waals surface area contributed by atoms with E-state index >= 15 is 0 Å². The maximum absolute atomic E-state index is 4.62. The molecule has 2 aromatic heterocycles. The van der Waals surface area contributed by atoms with Gasteiger partial charge in [0.15, 0.2) is 0 Å². The van der Waals surface area contributed by atoms with Gasteiger partial charge in [0.1, 0.15) is 0 Å². The molecule has 96 valence electrons. The molecule has 0 saturated heterocycles. The number of likely N-dealkylation sites (N-methyl/N-ethyl adjacent to an activating group) is 1. The average molecular weight is 260 g/mol. The van der Waals surface area contributed by atoms with E-state index < -0.39 is 0 Å². The lowest BCUT2D eigenvalue weighted by molar-refractivity contribution is 0.537. The van der Waals surface area contributed by atoms with Gasteiger partial charge in [-0.15, -0.1) is 11.3 Å². The molecule has 0 spiro atoms. The summed E-state index contributed by atoms with van der Waals surface area (Å²) in [6.07, 6.45) is 2.98. The van der Waals surface area contributed by atoms with Crippen molar-refractivity contribution in [1.82, 2.24) is 10.3 Å². The smallest absolute Gasteiger partial charge is 0.0606 e. The third-order valence-corrected chi connectivity index (χ3v) is 3.92. The van der Waals surface area contributed by atoms with Gasteiger partial charge in [0.2, 0.25) is 0 Å². The number of thiophene rings is 1. The fourth-order valence-corrected chi connectivity index (χ4v) is 2.98. The Hall–Kier alpha value is -1.19. The molecule has 1 unspecified atom stereocenters. The minimum atomic E-state index is 0.314. The van der Waals surface area contributed by atoms with Crippen molar-refractivity contribution < 1.29 is 0 Å². The van der Waals surface area contributed by atoms with Gasteiger partial charge in [-0.2, -0.15) is 0 Å². The van der Waals surface area contributed by atoms with Crippen LogP contribution in [0.1, 0.15) is 34.7 Å². The van der Waals surface area contributed by atoms with Gasteiger partial charge < -0.3 is 5.32 Å². The summed E-state index contributed by atoms with van der Waals surface area (Å²) in [7, 11) is 0. The summed E-state index contributed by atoms with van der Waals surface area (Å²) in [5.41, 5.74) is 3.68. The first-order chi connectivity index (χ1) is 8.70. The van der Waals surface area contributed by atoms with E-state index in [1.54, 1.807) is 0 Å². The van der Waals surface area contributed by atoms with Crippen molar-refractivity contribution in [2.45, 2.75) is 33.2 Å². The predicted molar refractivity (Wildman–Crippen MR) is 78.2 cm³/mol. The van der Waals surface area contributed by atoms with Gasteiger partial charge in [-0.05, 0) is 43.0 Å². The Morgan fingerprint density at radius 1 is 1.39 bits per heavy atom. The molecule has 0 bridgehead atoms. The quantitative estimate of drug-likeness (QED) is 0.887. The first-order valence-corrected chi connectivity index (χ1v) is 7.27. The van der Waals surface area contributed by atoms with Crippen molar-refractivity contribution in [1.29, 1.82) is 0 Å². The lowest BCUT2D eigenvalue weighted by atomic mass is 10.0. The van der Waals surface area contributed by atoms with Gasteiger partial charge in [-0.1, -0.05) is 19.1 Å². The average Bonchev–Trinajstić information content (AvgIpc) is 2.81. The van der Waals surface area contributed by atoms with Crippen LogP contribution < -0.4 is 5.32 Å². The molecule has 0 saturated carbocycles. The van der Waals surface area contributed by atoms with Crippen molar-refractivity contribution >= 4 is 11.3 Å². The molecule has 0 amide bonds. The minimum Gasteiger partial charge on any atom is -0.309 e. The number of nitrogens with one attached hydrogen (secondary N) is 1. The Morgan fingerprint density at radius 2 is 2.22 bits per heavy atom. The minimum absolute atomic E-state index is 0.314. The van der Waals surface area contributed by atoms with Gasteiger partial charge in [-0.25, -0.2) is 0 Å². The summed E-state index contributed by atoms with van der Waals surface area (Å²) in [5, 5.41) is 5.67. The molecular formula is C15H20N2S. The zero-order valence-electron chi connectivity index (χ0n) is 11.2. The molecule has 3 heteroatoms. The molecule has 2 aromatic rings. The highest BCUT2D eigenvalue weighted by molar-refractivity contribution is 7.09. The molecule has 2 nitrogen and oxygen atoms in total. The van der Waals surface area contributed by atoms with E-state index in [1.807, 2.05) is 17.5 Å². The molecule has 1 atom stereocenters. The van der Waals surface area contributed by atoms with E-state index in [2.05, 4.69) is 54.7 Å². The fourth-order valence-electron chi connectivity index (χ4n) is 2.23. The first kappa shape index (κ1) is 13.2. The second-order valence-corrected chi connectivity index (χ2v) is 5.64. The van der Waals surface area contributed by atoms with Crippen molar-refractivity contribution in [3.63, 3.8) is 0 Å². The van der Waals surface area contributed by atoms with Crippen LogP contribution in [0.4, 0.5) is 0 Å². The molecule has 0 fully saturated rings. The van der Waals surface area contributed by atoms with Gasteiger partial charge in [-0.3, -0.25) is 4.98 Å². The topological polar surface area (TPSA) is 24.9 Å². The first-order valence-electron chi connectivity index (χ1n) is 6.39. The van der Waals surface area contributed by atoms with E-state index in [1.165, 1.54) is 21.7 Å². The van der Waals surface area contributed by atoms with Crippen LogP contribution in [0.15, 0.2) is 29.8 Å². The van der Waals surface area contributed by atoms with Crippen LogP contribution >= 0.6 is 11.3 Å². The number of rotatable bonds is 5. The second kappa shape index (κ2) is 6.12. The van der Waals surface area contributed by atoms with Gasteiger partial charge in [0.05, 0.1) is 11.7 Å². The molecule has 0 aliphatic carbocycles. The standard InChI is InChI=1S/C15H20N2S/c1-4-16-14(9-13-6-5-7-18-13)15-12(3)8-11(2)10-17-15/h5-8,10,14,16H,4,9H2,1-3H3. The van der Waals surface area contributed by atoms with Crippen LogP contribution in [0, 0.1) is 13.8 Å². The lowest BCUT2D eigenvalue weighted by Crippen LogP contribution is -2.24. The maximum Gasteiger partial charge on any atom is 0.0606 e. The Morgan fingerprint density at radius 3 is 2.83 bits per heavy atom. The number of hydrogen-bond donors (Lipinski definition) is 1. The predicted octanol–water partition coefficient (Wildman–Crippen LogP) is 3.65. The van der Waals surface area contributed by atoms with Gasteiger partial charge in [0.25, 0.3) is 0 Å². The van der Waals surface area contributed by atoms with E-state index in [-0.39, 0.29) is 0 Å². The molecule has 0 aliphatic rings. The Bertz CT molecular complexity index is 491. The number of aryl methyl sites for hydroxylation is 2. The number of aromatic nitrogens is 1. The largest absolute Gasteiger partial charge is 0.309 e. The molecule has 2 heterocycles. The number of nitrogens with zero attached hydrogens (tertiary/aromatic N) is 1. The zero-order chi connectivity index (χ0) is 13.0. The van der Waals surface area contributed by atoms with Crippen molar-refractivity contribution in [3.8, 4) is 0 Å². The molecule has 18 heavy (non-hydrogen) atoms. The van der Waals surface area contributed by atoms with E-state index in [4.69, 9.17) is 0 Å². The monoisotopic (exact) mass is 260 g/mol. The zero-order valence-corrected chi connectivity index (χ0v) is 12.1. The molecule has 0 radical (unpaired) electrons. The molecule has 0 aromatic carbocycles. The highest BCUT2D eigenvalue weighted by Gasteiger charge is 2.15. The van der Waals surface area contributed by atoms with Crippen LogP contribution in [0.2, 0.25) is 0 Å². The van der Waals surface area contributed by atoms with Crippen LogP contribution in [-0.2, 0) is 6.42 Å². The summed E-state index contributed by atoms with van der Waals surface area (Å²) >= 11 is 1.81. The van der Waals surface area contributed by atoms with Crippen LogP contribution in [0.3, 0.4) is 0 Å². The molecule has 0 aliphatic heterocycles.